The van der Waals surface area contributed by atoms with Gasteiger partial charge < -0.3 is 4.90 Å². The van der Waals surface area contributed by atoms with Crippen molar-refractivity contribution in [2.75, 3.05) is 13.1 Å². The number of piperidine rings is 1. The summed E-state index contributed by atoms with van der Waals surface area (Å²) in [6, 6.07) is 0. The van der Waals surface area contributed by atoms with E-state index in [0.717, 1.165) is 12.3 Å². The Morgan fingerprint density at radius 3 is 2.50 bits per heavy atom. The number of hydrogen-bond donors (Lipinski definition) is 0. The zero-order valence-corrected chi connectivity index (χ0v) is 8.47. The molecule has 80 valence electrons. The first kappa shape index (κ1) is 11.1. The Balaban J connectivity index is 2.56. The number of rotatable bonds is 2. The highest BCUT2D eigenvalue weighted by molar-refractivity contribution is 5.82. The van der Waals surface area contributed by atoms with Gasteiger partial charge in [-0.1, -0.05) is 13.5 Å². The predicted octanol–water partition coefficient (Wildman–Crippen LogP) is 2.67. The first-order valence-electron chi connectivity index (χ1n) is 4.89. The van der Waals surface area contributed by atoms with Crippen LogP contribution in [0.4, 0.5) is 8.78 Å². The van der Waals surface area contributed by atoms with E-state index in [4.69, 9.17) is 0 Å². The van der Waals surface area contributed by atoms with Crippen LogP contribution in [0.5, 0.6) is 0 Å². The van der Waals surface area contributed by atoms with Crippen LogP contribution >= 0.6 is 0 Å². The van der Waals surface area contributed by atoms with Crippen LogP contribution in [0, 0.1) is 0 Å². The molecule has 4 heteroatoms. The topological polar surface area (TPSA) is 15.6 Å². The maximum atomic E-state index is 12.8. The molecule has 1 rings (SSSR count). The Bertz CT molecular complexity index is 226. The van der Waals surface area contributed by atoms with Gasteiger partial charge in [0.15, 0.2) is 0 Å². The molecule has 1 aliphatic heterocycles. The molecule has 0 N–H and O–H groups in total. The Hall–Kier alpha value is -0.930. The van der Waals surface area contributed by atoms with E-state index in [0.29, 0.717) is 13.1 Å². The third kappa shape index (κ3) is 2.79. The van der Waals surface area contributed by atoms with Gasteiger partial charge in [0.05, 0.1) is 0 Å². The standard InChI is InChI=1S/C10H16F2N2/c1-3-9(13-4-2)14-7-5-10(11,12)6-8-14/h4H,2-3,5-8H2,1H3. The lowest BCUT2D eigenvalue weighted by Gasteiger charge is -2.33. The van der Waals surface area contributed by atoms with Gasteiger partial charge in [0.25, 0.3) is 5.92 Å². The largest absolute Gasteiger partial charge is 0.360 e. The number of halogens is 2. The highest BCUT2D eigenvalue weighted by Crippen LogP contribution is 2.27. The number of nitrogens with zero attached hydrogens (tertiary/aromatic N) is 2. The molecule has 1 saturated heterocycles. The average molecular weight is 202 g/mol. The number of hydrogen-bond acceptors (Lipinski definition) is 1. The SMILES string of the molecule is C=CN=C(CC)N1CCC(F)(F)CC1. The predicted molar refractivity (Wildman–Crippen MR) is 53.7 cm³/mol. The minimum atomic E-state index is -2.48. The second-order valence-corrected chi connectivity index (χ2v) is 3.42. The van der Waals surface area contributed by atoms with Crippen molar-refractivity contribution in [3.8, 4) is 0 Å². The molecule has 14 heavy (non-hydrogen) atoms. The first-order chi connectivity index (χ1) is 6.59. The van der Waals surface area contributed by atoms with Crippen molar-refractivity contribution >= 4 is 5.84 Å². The van der Waals surface area contributed by atoms with Gasteiger partial charge in [-0.15, -0.1) is 0 Å². The van der Waals surface area contributed by atoms with Crippen molar-refractivity contribution in [1.82, 2.24) is 4.90 Å². The molecule has 0 saturated carbocycles. The Morgan fingerprint density at radius 1 is 1.50 bits per heavy atom. The number of likely N-dealkylation sites (tertiary alicyclic amines) is 1. The molecular weight excluding hydrogens is 186 g/mol. The van der Waals surface area contributed by atoms with Gasteiger partial charge in [-0.2, -0.15) is 0 Å². The van der Waals surface area contributed by atoms with E-state index in [2.05, 4.69) is 11.6 Å². The van der Waals surface area contributed by atoms with E-state index in [1.807, 2.05) is 11.8 Å². The van der Waals surface area contributed by atoms with E-state index >= 15 is 0 Å². The van der Waals surface area contributed by atoms with Gasteiger partial charge in [0, 0.05) is 38.6 Å². The zero-order chi connectivity index (χ0) is 10.6. The maximum Gasteiger partial charge on any atom is 0.251 e. The minimum Gasteiger partial charge on any atom is -0.360 e. The van der Waals surface area contributed by atoms with Crippen molar-refractivity contribution < 1.29 is 8.78 Å². The number of alkyl halides is 2. The van der Waals surface area contributed by atoms with Crippen LogP contribution in [0.15, 0.2) is 17.8 Å². The van der Waals surface area contributed by atoms with Crippen LogP contribution in [0.25, 0.3) is 0 Å². The fourth-order valence-electron chi connectivity index (χ4n) is 1.59. The summed E-state index contributed by atoms with van der Waals surface area (Å²) >= 11 is 0. The van der Waals surface area contributed by atoms with Gasteiger partial charge >= 0.3 is 0 Å². The zero-order valence-electron chi connectivity index (χ0n) is 8.47. The van der Waals surface area contributed by atoms with E-state index < -0.39 is 5.92 Å². The van der Waals surface area contributed by atoms with Crippen LogP contribution in [0.1, 0.15) is 26.2 Å². The summed E-state index contributed by atoms with van der Waals surface area (Å²) in [7, 11) is 0. The molecule has 2 nitrogen and oxygen atoms in total. The Morgan fingerprint density at radius 2 is 2.07 bits per heavy atom. The third-order valence-corrected chi connectivity index (χ3v) is 2.42. The third-order valence-electron chi connectivity index (χ3n) is 2.42. The lowest BCUT2D eigenvalue weighted by Crippen LogP contribution is -2.42. The Labute approximate surface area is 83.3 Å². The van der Waals surface area contributed by atoms with E-state index in [-0.39, 0.29) is 12.8 Å². The van der Waals surface area contributed by atoms with E-state index in [1.54, 1.807) is 0 Å². The fourth-order valence-corrected chi connectivity index (χ4v) is 1.59. The average Bonchev–Trinajstić information content (AvgIpc) is 2.15. The molecule has 0 aromatic rings. The molecule has 1 heterocycles. The van der Waals surface area contributed by atoms with Crippen molar-refractivity contribution in [3.05, 3.63) is 12.8 Å². The lowest BCUT2D eigenvalue weighted by molar-refractivity contribution is -0.0436. The van der Waals surface area contributed by atoms with Crippen LogP contribution < -0.4 is 0 Å². The van der Waals surface area contributed by atoms with Crippen LogP contribution in [0.3, 0.4) is 0 Å². The van der Waals surface area contributed by atoms with Crippen molar-refractivity contribution in [2.24, 2.45) is 4.99 Å². The summed E-state index contributed by atoms with van der Waals surface area (Å²) in [4.78, 5) is 5.99. The molecule has 1 fully saturated rings. The summed E-state index contributed by atoms with van der Waals surface area (Å²) in [5.74, 6) is -1.63. The molecule has 0 aromatic carbocycles. The molecular formula is C10H16F2N2. The highest BCUT2D eigenvalue weighted by Gasteiger charge is 2.34. The molecule has 0 aromatic heterocycles. The lowest BCUT2D eigenvalue weighted by atomic mass is 10.1. The summed E-state index contributed by atoms with van der Waals surface area (Å²) < 4.78 is 25.7. The van der Waals surface area contributed by atoms with Crippen molar-refractivity contribution in [2.45, 2.75) is 32.1 Å². The van der Waals surface area contributed by atoms with Crippen molar-refractivity contribution in [3.63, 3.8) is 0 Å². The first-order valence-corrected chi connectivity index (χ1v) is 4.89. The Kier molecular flexibility index (Phi) is 3.61. The highest BCUT2D eigenvalue weighted by atomic mass is 19.3. The second-order valence-electron chi connectivity index (χ2n) is 3.42. The maximum absolute atomic E-state index is 12.8. The number of aliphatic imine (C=N–C) groups is 1. The molecule has 0 aliphatic carbocycles. The number of amidine groups is 1. The quantitative estimate of drug-likeness (QED) is 0.496. The monoisotopic (exact) mass is 202 g/mol. The molecule has 0 spiro atoms. The van der Waals surface area contributed by atoms with Crippen LogP contribution in [0.2, 0.25) is 0 Å². The minimum absolute atomic E-state index is 0.0663. The van der Waals surface area contributed by atoms with Gasteiger partial charge in [-0.3, -0.25) is 0 Å². The molecule has 0 radical (unpaired) electrons. The van der Waals surface area contributed by atoms with Gasteiger partial charge in [0.1, 0.15) is 5.84 Å². The van der Waals surface area contributed by atoms with Crippen LogP contribution in [-0.4, -0.2) is 29.7 Å². The van der Waals surface area contributed by atoms with Gasteiger partial charge in [-0.05, 0) is 0 Å². The van der Waals surface area contributed by atoms with Gasteiger partial charge in [-0.25, -0.2) is 13.8 Å². The summed E-state index contributed by atoms with van der Waals surface area (Å²) in [5, 5.41) is 0. The summed E-state index contributed by atoms with van der Waals surface area (Å²) in [6.07, 6.45) is 2.09. The molecule has 0 atom stereocenters. The van der Waals surface area contributed by atoms with Gasteiger partial charge in [0.2, 0.25) is 0 Å². The molecule has 0 amide bonds. The second kappa shape index (κ2) is 4.53. The van der Waals surface area contributed by atoms with Crippen molar-refractivity contribution in [1.29, 1.82) is 0 Å². The fraction of sp³-hybridized carbons (Fsp3) is 0.700. The summed E-state index contributed by atoms with van der Waals surface area (Å²) in [6.45, 7) is 6.27. The summed E-state index contributed by atoms with van der Waals surface area (Å²) in [5.41, 5.74) is 0. The van der Waals surface area contributed by atoms with Crippen LogP contribution in [-0.2, 0) is 0 Å². The normalized spacial score (nSPS) is 22.2. The molecule has 0 bridgehead atoms. The van der Waals surface area contributed by atoms with E-state index in [1.165, 1.54) is 6.20 Å². The molecule has 0 unspecified atom stereocenters. The smallest absolute Gasteiger partial charge is 0.251 e. The molecule has 1 aliphatic rings. The van der Waals surface area contributed by atoms with E-state index in [9.17, 15) is 8.78 Å².